The topological polar surface area (TPSA) is 97.0 Å². The maximum atomic E-state index is 14.0. The molecule has 0 saturated heterocycles. The van der Waals surface area contributed by atoms with Gasteiger partial charge in [-0.1, -0.05) is 5.16 Å². The molecule has 3 N–H and O–H groups in total. The Bertz CT molecular complexity index is 710. The van der Waals surface area contributed by atoms with E-state index in [9.17, 15) is 13.9 Å². The molecule has 1 atom stereocenters. The third-order valence-corrected chi connectivity index (χ3v) is 3.10. The van der Waals surface area contributed by atoms with Gasteiger partial charge < -0.3 is 29.5 Å². The number of hydrogen-bond donors (Lipinski definition) is 3. The second-order valence-corrected chi connectivity index (χ2v) is 4.60. The Morgan fingerprint density at radius 1 is 1.27 bits per heavy atom. The minimum Gasteiger partial charge on any atom is -0.455 e. The molecule has 0 fully saturated rings. The molecule has 0 saturated carbocycles. The van der Waals surface area contributed by atoms with Gasteiger partial charge in [-0.05, 0) is 6.07 Å². The van der Waals surface area contributed by atoms with E-state index in [1.807, 2.05) is 0 Å². The fourth-order valence-electron chi connectivity index (χ4n) is 2.00. The summed E-state index contributed by atoms with van der Waals surface area (Å²) in [5, 5.41) is 24.5. The summed E-state index contributed by atoms with van der Waals surface area (Å²) in [7, 11) is 0. The number of ether oxygens (including phenoxy) is 2. The summed E-state index contributed by atoms with van der Waals surface area (Å²) in [5.74, 6) is -2.26. The zero-order valence-electron chi connectivity index (χ0n) is 11.1. The molecule has 2 heterocycles. The number of aliphatic hydroxyl groups excluding tert-OH is 2. The molecule has 1 aliphatic rings. The highest BCUT2D eigenvalue weighted by atomic mass is 19.2. The van der Waals surface area contributed by atoms with Gasteiger partial charge in [0.05, 0.1) is 23.7 Å². The zero-order valence-corrected chi connectivity index (χ0v) is 11.1. The van der Waals surface area contributed by atoms with Crippen LogP contribution in [0.5, 0.6) is 0 Å². The van der Waals surface area contributed by atoms with E-state index < -0.39 is 30.6 Å². The highest BCUT2D eigenvalue weighted by molar-refractivity contribution is 5.89. The van der Waals surface area contributed by atoms with E-state index >= 15 is 0 Å². The van der Waals surface area contributed by atoms with Crippen LogP contribution in [-0.4, -0.2) is 34.6 Å². The molecule has 118 valence electrons. The van der Waals surface area contributed by atoms with Crippen molar-refractivity contribution < 1.29 is 33.0 Å². The standard InChI is InChI=1S/C13H12F2N2O5/c14-9-7(13-20-1-2-21-13)3-8-11(10(9)15)22-17-12(8)16-4-6(19)5-18/h1-3,6,13,18-19H,4-5H2,(H,16,17)/t6-/m0/s1. The van der Waals surface area contributed by atoms with Gasteiger partial charge in [0, 0.05) is 6.54 Å². The number of fused-ring (bicyclic) bond motifs is 1. The van der Waals surface area contributed by atoms with Crippen molar-refractivity contribution in [3.8, 4) is 0 Å². The highest BCUT2D eigenvalue weighted by Crippen LogP contribution is 2.34. The highest BCUT2D eigenvalue weighted by Gasteiger charge is 2.27. The number of nitrogens with zero attached hydrogens (tertiary/aromatic N) is 1. The predicted octanol–water partition coefficient (Wildman–Crippen LogP) is 1.39. The lowest BCUT2D eigenvalue weighted by molar-refractivity contribution is -0.0274. The molecule has 0 bridgehead atoms. The predicted molar refractivity (Wildman–Crippen MR) is 69.6 cm³/mol. The fraction of sp³-hybridized carbons (Fsp3) is 0.308. The van der Waals surface area contributed by atoms with Gasteiger partial charge in [-0.2, -0.15) is 4.39 Å². The van der Waals surface area contributed by atoms with Crippen LogP contribution in [0.3, 0.4) is 0 Å². The molecule has 0 unspecified atom stereocenters. The molecular formula is C13H12F2N2O5. The SMILES string of the molecule is OC[C@@H](O)CNc1noc2c(F)c(F)c(C3OC=CO3)cc12. The first-order chi connectivity index (χ1) is 10.6. The Labute approximate surface area is 122 Å². The molecule has 0 aliphatic carbocycles. The molecule has 1 aliphatic heterocycles. The summed E-state index contributed by atoms with van der Waals surface area (Å²) in [6.45, 7) is -0.489. The molecule has 1 aromatic heterocycles. The van der Waals surface area contributed by atoms with Gasteiger partial charge in [-0.3, -0.25) is 0 Å². The molecule has 22 heavy (non-hydrogen) atoms. The van der Waals surface area contributed by atoms with E-state index in [1.54, 1.807) is 0 Å². The molecule has 0 spiro atoms. The van der Waals surface area contributed by atoms with Gasteiger partial charge >= 0.3 is 0 Å². The Balaban J connectivity index is 1.98. The van der Waals surface area contributed by atoms with E-state index in [4.69, 9.17) is 19.1 Å². The van der Waals surface area contributed by atoms with Crippen LogP contribution in [-0.2, 0) is 9.47 Å². The third-order valence-electron chi connectivity index (χ3n) is 3.10. The number of aliphatic hydroxyl groups is 2. The van der Waals surface area contributed by atoms with E-state index in [-0.39, 0.29) is 28.9 Å². The summed E-state index contributed by atoms with van der Waals surface area (Å²) in [4.78, 5) is 0. The van der Waals surface area contributed by atoms with Crippen LogP contribution in [0.15, 0.2) is 23.1 Å². The second-order valence-electron chi connectivity index (χ2n) is 4.60. The minimum atomic E-state index is -1.21. The average molecular weight is 314 g/mol. The zero-order chi connectivity index (χ0) is 15.7. The maximum Gasteiger partial charge on any atom is 0.269 e. The Kier molecular flexibility index (Phi) is 3.82. The fourth-order valence-corrected chi connectivity index (χ4v) is 2.00. The van der Waals surface area contributed by atoms with Crippen molar-refractivity contribution in [3.05, 3.63) is 35.8 Å². The van der Waals surface area contributed by atoms with Crippen LogP contribution >= 0.6 is 0 Å². The van der Waals surface area contributed by atoms with Crippen molar-refractivity contribution in [2.45, 2.75) is 12.4 Å². The van der Waals surface area contributed by atoms with Crippen LogP contribution in [0.2, 0.25) is 0 Å². The monoisotopic (exact) mass is 314 g/mol. The van der Waals surface area contributed by atoms with Crippen LogP contribution in [0, 0.1) is 11.6 Å². The van der Waals surface area contributed by atoms with Crippen molar-refractivity contribution in [1.29, 1.82) is 0 Å². The van der Waals surface area contributed by atoms with Crippen molar-refractivity contribution >= 4 is 16.8 Å². The van der Waals surface area contributed by atoms with Crippen LogP contribution < -0.4 is 5.32 Å². The van der Waals surface area contributed by atoms with E-state index in [1.165, 1.54) is 18.6 Å². The maximum absolute atomic E-state index is 14.0. The number of nitrogens with one attached hydrogen (secondary N) is 1. The number of anilines is 1. The number of hydrogen-bond acceptors (Lipinski definition) is 7. The molecule has 7 nitrogen and oxygen atoms in total. The quantitative estimate of drug-likeness (QED) is 0.767. The lowest BCUT2D eigenvalue weighted by atomic mass is 10.1. The molecular weight excluding hydrogens is 302 g/mol. The lowest BCUT2D eigenvalue weighted by Gasteiger charge is -2.12. The summed E-state index contributed by atoms with van der Waals surface area (Å²) in [6.07, 6.45) is 0.319. The van der Waals surface area contributed by atoms with Crippen LogP contribution in [0.4, 0.5) is 14.6 Å². The molecule has 1 aromatic carbocycles. The largest absolute Gasteiger partial charge is 0.455 e. The van der Waals surface area contributed by atoms with Gasteiger partial charge in [0.1, 0.15) is 12.5 Å². The summed E-state index contributed by atoms with van der Waals surface area (Å²) in [6, 6.07) is 1.29. The molecule has 0 radical (unpaired) electrons. The van der Waals surface area contributed by atoms with E-state index in [0.29, 0.717) is 0 Å². The van der Waals surface area contributed by atoms with Gasteiger partial charge in [-0.25, -0.2) is 4.39 Å². The first kappa shape index (κ1) is 14.5. The van der Waals surface area contributed by atoms with Crippen molar-refractivity contribution in [1.82, 2.24) is 5.16 Å². The summed E-state index contributed by atoms with van der Waals surface area (Å²) >= 11 is 0. The van der Waals surface area contributed by atoms with Crippen molar-refractivity contribution in [2.24, 2.45) is 0 Å². The van der Waals surface area contributed by atoms with Gasteiger partial charge in [0.15, 0.2) is 11.6 Å². The second kappa shape index (κ2) is 5.78. The molecule has 9 heteroatoms. The minimum absolute atomic E-state index is 0.0373. The van der Waals surface area contributed by atoms with Crippen molar-refractivity contribution in [3.63, 3.8) is 0 Å². The van der Waals surface area contributed by atoms with Gasteiger partial charge in [0.2, 0.25) is 11.4 Å². The Hall–Kier alpha value is -2.39. The van der Waals surface area contributed by atoms with Crippen LogP contribution in [0.25, 0.3) is 11.0 Å². The van der Waals surface area contributed by atoms with E-state index in [2.05, 4.69) is 10.5 Å². The third kappa shape index (κ3) is 2.44. The molecule has 0 amide bonds. The van der Waals surface area contributed by atoms with Crippen molar-refractivity contribution in [2.75, 3.05) is 18.5 Å². The summed E-state index contributed by atoms with van der Waals surface area (Å²) < 4.78 is 42.8. The average Bonchev–Trinajstić information content (AvgIpc) is 3.17. The lowest BCUT2D eigenvalue weighted by Crippen LogP contribution is -2.23. The first-order valence-corrected chi connectivity index (χ1v) is 6.37. The molecule has 2 aromatic rings. The number of aromatic nitrogens is 1. The first-order valence-electron chi connectivity index (χ1n) is 6.37. The number of rotatable bonds is 5. The normalized spacial score (nSPS) is 15.8. The number of benzene rings is 1. The van der Waals surface area contributed by atoms with E-state index in [0.717, 1.165) is 0 Å². The van der Waals surface area contributed by atoms with Crippen LogP contribution in [0.1, 0.15) is 11.9 Å². The molecule has 3 rings (SSSR count). The van der Waals surface area contributed by atoms with Gasteiger partial charge in [-0.15, -0.1) is 0 Å². The Morgan fingerprint density at radius 2 is 2.00 bits per heavy atom. The van der Waals surface area contributed by atoms with Gasteiger partial charge in [0.25, 0.3) is 6.29 Å². The smallest absolute Gasteiger partial charge is 0.269 e. The number of halogens is 2. The summed E-state index contributed by atoms with van der Waals surface area (Å²) in [5.41, 5.74) is -0.517. The Morgan fingerprint density at radius 3 is 2.68 bits per heavy atom.